The van der Waals surface area contributed by atoms with E-state index >= 15 is 0 Å². The van der Waals surface area contributed by atoms with Crippen molar-refractivity contribution >= 4 is 0 Å². The Morgan fingerprint density at radius 3 is 1.35 bits per heavy atom. The zero-order valence-electron chi connectivity index (χ0n) is 38.2. The summed E-state index contributed by atoms with van der Waals surface area (Å²) in [7, 11) is 0. The van der Waals surface area contributed by atoms with Gasteiger partial charge in [0.2, 0.25) is 0 Å². The molecule has 3 nitrogen and oxygen atoms in total. The Morgan fingerprint density at radius 1 is 0.409 bits per heavy atom. The molecule has 339 valence electrons. The normalized spacial score (nSPS) is 10.2. The van der Waals surface area contributed by atoms with Crippen LogP contribution in [0.5, 0.6) is 0 Å². The van der Waals surface area contributed by atoms with Gasteiger partial charge in [-0.15, -0.1) is 106 Å². The second-order valence-electron chi connectivity index (χ2n) is 16.6. The molecular formula is C60H54Ir3N3-3. The van der Waals surface area contributed by atoms with Crippen molar-refractivity contribution in [3.05, 3.63) is 235 Å². The molecule has 0 aliphatic rings. The van der Waals surface area contributed by atoms with Crippen LogP contribution in [0.1, 0.15) is 55.9 Å². The average Bonchev–Trinajstić information content (AvgIpc) is 3.32. The Labute approximate surface area is 433 Å². The SMILES string of the molecule is CC(C)Cc1cccc(-c2cc[c-]c(-c3ccccn3)c2)c1.CC(C)c1ccc(-c2[c-]ccc(-c3ccccc3)c2)nc1.Cc1cc(C)cc(-c2cc[c-]c(-c3ccccn3)c2)c1.[Ir].[Ir].[Ir]. The van der Waals surface area contributed by atoms with Gasteiger partial charge in [-0.1, -0.05) is 148 Å². The van der Waals surface area contributed by atoms with E-state index in [4.69, 9.17) is 0 Å². The standard InChI is InChI=1S/C21H20N.C20H18N.C19H16N.3Ir/c1-16(2)13-17-7-5-8-18(14-17)19-9-6-10-20(15-19)21-11-3-4-12-22-21;1-15(2)19-11-12-20(21-14-19)18-10-6-9-17(13-18)16-7-4-3-5-8-16;1-14-10-15(2)12-18(11-14)16-6-5-7-17(13-16)19-8-3-4-9-20-19;;;/h3-9,11-12,14-16H,13H2,1-2H3;3-9,11-15H,1-2H3;3-6,8-13H,1-2H3;;;/q3*-1;;;. The molecule has 0 saturated carbocycles. The summed E-state index contributed by atoms with van der Waals surface area (Å²) in [6.07, 6.45) is 6.70. The van der Waals surface area contributed by atoms with Crippen LogP contribution >= 0.6 is 0 Å². The number of aromatic nitrogens is 3. The summed E-state index contributed by atoms with van der Waals surface area (Å²) in [5.41, 5.74) is 18.5. The third kappa shape index (κ3) is 15.4. The largest absolute Gasteiger partial charge is 0.305 e. The molecule has 6 aromatic carbocycles. The molecular weight excluding hydrogens is 1340 g/mol. The van der Waals surface area contributed by atoms with Crippen molar-refractivity contribution in [1.82, 2.24) is 15.0 Å². The zero-order chi connectivity index (χ0) is 44.0. The molecule has 3 aromatic heterocycles. The van der Waals surface area contributed by atoms with E-state index in [9.17, 15) is 0 Å². The maximum absolute atomic E-state index is 4.57. The van der Waals surface area contributed by atoms with Gasteiger partial charge in [0.25, 0.3) is 0 Å². The smallest absolute Gasteiger partial charge is 0.0195 e. The minimum absolute atomic E-state index is 0. The Hall–Kier alpha value is -5.28. The van der Waals surface area contributed by atoms with E-state index in [2.05, 4.69) is 190 Å². The number of rotatable bonds is 9. The fraction of sp³-hybridized carbons (Fsp3) is 0.150. The van der Waals surface area contributed by atoms with E-state index in [0.29, 0.717) is 11.8 Å². The van der Waals surface area contributed by atoms with E-state index in [1.807, 2.05) is 79.3 Å². The fourth-order valence-corrected chi connectivity index (χ4v) is 7.45. The van der Waals surface area contributed by atoms with Gasteiger partial charge in [-0.25, -0.2) is 0 Å². The molecule has 3 radical (unpaired) electrons. The molecule has 0 atom stereocenters. The molecule has 0 spiro atoms. The van der Waals surface area contributed by atoms with Crippen LogP contribution in [0, 0.1) is 38.0 Å². The van der Waals surface area contributed by atoms with Crippen molar-refractivity contribution in [2.45, 2.75) is 53.9 Å². The van der Waals surface area contributed by atoms with Crippen LogP contribution in [-0.2, 0) is 66.7 Å². The monoisotopic (exact) mass is 1400 g/mol. The molecule has 9 aromatic rings. The topological polar surface area (TPSA) is 38.7 Å². The number of hydrogen-bond acceptors (Lipinski definition) is 3. The van der Waals surface area contributed by atoms with E-state index in [1.54, 1.807) is 0 Å². The molecule has 0 amide bonds. The first-order chi connectivity index (χ1) is 30.7. The summed E-state index contributed by atoms with van der Waals surface area (Å²) in [5.74, 6) is 1.18. The number of benzene rings is 6. The summed E-state index contributed by atoms with van der Waals surface area (Å²) in [6, 6.07) is 70.4. The quantitative estimate of drug-likeness (QED) is 0.135. The molecule has 0 bridgehead atoms. The Kier molecular flexibility index (Phi) is 21.6. The predicted octanol–water partition coefficient (Wildman–Crippen LogP) is 15.6. The Balaban J connectivity index is 0.000000212. The molecule has 3 heterocycles. The van der Waals surface area contributed by atoms with Crippen LogP contribution in [0.25, 0.3) is 67.2 Å². The Bertz CT molecular complexity index is 2810. The third-order valence-electron chi connectivity index (χ3n) is 10.6. The fourth-order valence-electron chi connectivity index (χ4n) is 7.45. The first kappa shape index (κ1) is 53.3. The molecule has 0 fully saturated rings. The number of pyridine rings is 3. The molecule has 6 heteroatoms. The molecule has 0 aliphatic carbocycles. The number of aryl methyl sites for hydroxylation is 2. The Morgan fingerprint density at radius 2 is 0.879 bits per heavy atom. The van der Waals surface area contributed by atoms with Crippen LogP contribution in [0.4, 0.5) is 0 Å². The predicted molar refractivity (Wildman–Crippen MR) is 264 cm³/mol. The third-order valence-corrected chi connectivity index (χ3v) is 10.6. The van der Waals surface area contributed by atoms with Gasteiger partial charge in [-0.2, -0.15) is 0 Å². The maximum Gasteiger partial charge on any atom is 0.0195 e. The average molecular weight is 1390 g/mol. The maximum atomic E-state index is 4.57. The summed E-state index contributed by atoms with van der Waals surface area (Å²) in [4.78, 5) is 13.4. The van der Waals surface area contributed by atoms with Crippen molar-refractivity contribution in [2.75, 3.05) is 0 Å². The van der Waals surface area contributed by atoms with Crippen molar-refractivity contribution < 1.29 is 60.3 Å². The van der Waals surface area contributed by atoms with E-state index in [-0.39, 0.29) is 60.3 Å². The van der Waals surface area contributed by atoms with Gasteiger partial charge in [0.05, 0.1) is 0 Å². The minimum Gasteiger partial charge on any atom is -0.305 e. The second-order valence-corrected chi connectivity index (χ2v) is 16.6. The summed E-state index contributed by atoms with van der Waals surface area (Å²) in [5, 5.41) is 0. The van der Waals surface area contributed by atoms with Crippen LogP contribution in [-0.4, -0.2) is 15.0 Å². The minimum atomic E-state index is 0. The van der Waals surface area contributed by atoms with Crippen LogP contribution < -0.4 is 0 Å². The van der Waals surface area contributed by atoms with E-state index < -0.39 is 0 Å². The number of nitrogens with zero attached hydrogens (tertiary/aromatic N) is 3. The first-order valence-corrected chi connectivity index (χ1v) is 21.8. The number of hydrogen-bond donors (Lipinski definition) is 0. The summed E-state index contributed by atoms with van der Waals surface area (Å²) >= 11 is 0. The van der Waals surface area contributed by atoms with Crippen LogP contribution in [0.3, 0.4) is 0 Å². The van der Waals surface area contributed by atoms with Gasteiger partial charge in [-0.3, -0.25) is 0 Å². The summed E-state index contributed by atoms with van der Waals surface area (Å²) < 4.78 is 0. The molecule has 0 unspecified atom stereocenters. The molecule has 0 saturated heterocycles. The van der Waals surface area contributed by atoms with Crippen LogP contribution in [0.15, 0.2) is 195 Å². The van der Waals surface area contributed by atoms with Crippen LogP contribution in [0.2, 0.25) is 0 Å². The van der Waals surface area contributed by atoms with Gasteiger partial charge in [0.1, 0.15) is 0 Å². The molecule has 0 aliphatic heterocycles. The van der Waals surface area contributed by atoms with E-state index in [1.165, 1.54) is 55.6 Å². The van der Waals surface area contributed by atoms with Gasteiger partial charge in [-0.05, 0) is 89.1 Å². The second kappa shape index (κ2) is 26.8. The zero-order valence-corrected chi connectivity index (χ0v) is 45.4. The van der Waals surface area contributed by atoms with Crippen molar-refractivity contribution in [3.8, 4) is 67.2 Å². The van der Waals surface area contributed by atoms with Gasteiger partial charge in [0.15, 0.2) is 0 Å². The van der Waals surface area contributed by atoms with Crippen molar-refractivity contribution in [2.24, 2.45) is 5.92 Å². The van der Waals surface area contributed by atoms with Gasteiger partial charge >= 0.3 is 0 Å². The molecule has 9 rings (SSSR count). The van der Waals surface area contributed by atoms with Gasteiger partial charge < -0.3 is 15.0 Å². The van der Waals surface area contributed by atoms with Crippen molar-refractivity contribution in [1.29, 1.82) is 0 Å². The van der Waals surface area contributed by atoms with Crippen molar-refractivity contribution in [3.63, 3.8) is 0 Å². The summed E-state index contributed by atoms with van der Waals surface area (Å²) in [6.45, 7) is 13.1. The molecule has 0 N–H and O–H groups in total. The first-order valence-electron chi connectivity index (χ1n) is 21.8. The van der Waals surface area contributed by atoms with E-state index in [0.717, 1.165) is 40.2 Å². The molecule has 66 heavy (non-hydrogen) atoms. The van der Waals surface area contributed by atoms with Gasteiger partial charge in [0, 0.05) is 78.9 Å².